The fraction of sp³-hybridized carbons (Fsp3) is 0.533. The van der Waals surface area contributed by atoms with Gasteiger partial charge in [-0.3, -0.25) is 14.5 Å². The molecule has 2 aliphatic heterocycles. The molecule has 0 saturated carbocycles. The number of rotatable bonds is 5. The van der Waals surface area contributed by atoms with E-state index in [0.29, 0.717) is 31.0 Å². The van der Waals surface area contributed by atoms with Crippen molar-refractivity contribution in [1.29, 1.82) is 0 Å². The van der Waals surface area contributed by atoms with E-state index in [1.807, 2.05) is 54.3 Å². The van der Waals surface area contributed by atoms with E-state index < -0.39 is 0 Å². The largest absolute Gasteiger partial charge is 0.491 e. The molecule has 2 heterocycles. The van der Waals surface area contributed by atoms with Gasteiger partial charge in [-0.25, -0.2) is 0 Å². The molecule has 2 aromatic carbocycles. The first kappa shape index (κ1) is 26.2. The smallest absolute Gasteiger partial charge is 0.257 e. The van der Waals surface area contributed by atoms with Crippen molar-refractivity contribution in [2.75, 3.05) is 45.9 Å². The number of piperidine rings is 1. The van der Waals surface area contributed by atoms with E-state index in [2.05, 4.69) is 21.9 Å². The maximum atomic E-state index is 13.7. The van der Waals surface area contributed by atoms with Gasteiger partial charge >= 0.3 is 0 Å². The second-order valence-electron chi connectivity index (χ2n) is 10.0. The summed E-state index contributed by atoms with van der Waals surface area (Å²) in [5, 5.41) is 0. The SMILES string of the molecule is CCN1CCCCCN(C(=O)CN2CCCCC2)[C@@H](Cc2ccccc2)COc2ccccc2C1=O. The summed E-state index contributed by atoms with van der Waals surface area (Å²) in [6.07, 6.45) is 7.16. The quantitative estimate of drug-likeness (QED) is 0.612. The Hall–Kier alpha value is -2.86. The van der Waals surface area contributed by atoms with Crippen molar-refractivity contribution in [3.8, 4) is 5.75 Å². The van der Waals surface area contributed by atoms with Gasteiger partial charge in [-0.15, -0.1) is 0 Å². The van der Waals surface area contributed by atoms with Gasteiger partial charge in [-0.2, -0.15) is 0 Å². The van der Waals surface area contributed by atoms with Crippen LogP contribution in [0.4, 0.5) is 0 Å². The highest BCUT2D eigenvalue weighted by Gasteiger charge is 2.28. The third kappa shape index (κ3) is 7.10. The summed E-state index contributed by atoms with van der Waals surface area (Å²) in [6.45, 7) is 6.97. The van der Waals surface area contributed by atoms with E-state index in [1.54, 1.807) is 0 Å². The zero-order valence-electron chi connectivity index (χ0n) is 21.7. The van der Waals surface area contributed by atoms with Gasteiger partial charge in [0.05, 0.1) is 18.2 Å². The minimum absolute atomic E-state index is 0.0185. The average molecular weight is 492 g/mol. The third-order valence-corrected chi connectivity index (χ3v) is 7.43. The van der Waals surface area contributed by atoms with Crippen LogP contribution in [-0.2, 0) is 11.2 Å². The minimum atomic E-state index is -0.101. The Kier molecular flexibility index (Phi) is 9.79. The lowest BCUT2D eigenvalue weighted by molar-refractivity contribution is -0.135. The van der Waals surface area contributed by atoms with Gasteiger partial charge in [0.15, 0.2) is 0 Å². The van der Waals surface area contributed by atoms with Gasteiger partial charge in [0, 0.05) is 19.6 Å². The highest BCUT2D eigenvalue weighted by Crippen LogP contribution is 2.23. The van der Waals surface area contributed by atoms with Gasteiger partial charge in [-0.05, 0) is 76.2 Å². The first-order chi connectivity index (χ1) is 17.7. The van der Waals surface area contributed by atoms with Crippen LogP contribution < -0.4 is 4.74 Å². The maximum Gasteiger partial charge on any atom is 0.257 e. The van der Waals surface area contributed by atoms with Crippen molar-refractivity contribution in [3.05, 3.63) is 65.7 Å². The number of likely N-dealkylation sites (tertiary alicyclic amines) is 1. The van der Waals surface area contributed by atoms with Gasteiger partial charge in [0.25, 0.3) is 5.91 Å². The Balaban J connectivity index is 1.61. The molecule has 0 bridgehead atoms. The predicted octanol–water partition coefficient (Wildman–Crippen LogP) is 4.64. The van der Waals surface area contributed by atoms with Crippen LogP contribution >= 0.6 is 0 Å². The highest BCUT2D eigenvalue weighted by molar-refractivity contribution is 5.97. The number of amides is 2. The molecule has 194 valence electrons. The summed E-state index contributed by atoms with van der Waals surface area (Å²) in [5.74, 6) is 0.808. The predicted molar refractivity (Wildman–Crippen MR) is 143 cm³/mol. The lowest BCUT2D eigenvalue weighted by atomic mass is 10.0. The maximum absolute atomic E-state index is 13.7. The zero-order valence-corrected chi connectivity index (χ0v) is 21.7. The fourth-order valence-electron chi connectivity index (χ4n) is 5.35. The fourth-order valence-corrected chi connectivity index (χ4v) is 5.35. The summed E-state index contributed by atoms with van der Waals surface area (Å²) >= 11 is 0. The number of nitrogens with zero attached hydrogens (tertiary/aromatic N) is 3. The molecule has 0 spiro atoms. The Labute approximate surface area is 216 Å². The third-order valence-electron chi connectivity index (χ3n) is 7.43. The first-order valence-corrected chi connectivity index (χ1v) is 13.7. The monoisotopic (exact) mass is 491 g/mol. The van der Waals surface area contributed by atoms with Crippen molar-refractivity contribution in [2.24, 2.45) is 0 Å². The molecule has 0 aromatic heterocycles. The van der Waals surface area contributed by atoms with Gasteiger partial charge < -0.3 is 14.5 Å². The van der Waals surface area contributed by atoms with E-state index in [9.17, 15) is 9.59 Å². The number of fused-ring (bicyclic) bond motifs is 1. The summed E-state index contributed by atoms with van der Waals surface area (Å²) in [5.41, 5.74) is 1.79. The molecule has 6 nitrogen and oxygen atoms in total. The number of carbonyl (C=O) groups excluding carboxylic acids is 2. The van der Waals surface area contributed by atoms with Crippen LogP contribution in [0.5, 0.6) is 5.75 Å². The van der Waals surface area contributed by atoms with Crippen LogP contribution in [0.3, 0.4) is 0 Å². The molecule has 1 fully saturated rings. The molecule has 36 heavy (non-hydrogen) atoms. The molecule has 1 saturated heterocycles. The van der Waals surface area contributed by atoms with Crippen LogP contribution in [0.25, 0.3) is 0 Å². The molecule has 0 N–H and O–H groups in total. The number of benzene rings is 2. The Bertz CT molecular complexity index is 974. The molecule has 2 amide bonds. The summed E-state index contributed by atoms with van der Waals surface area (Å²) in [4.78, 5) is 33.3. The van der Waals surface area contributed by atoms with Crippen molar-refractivity contribution in [3.63, 3.8) is 0 Å². The van der Waals surface area contributed by atoms with Crippen molar-refractivity contribution >= 4 is 11.8 Å². The van der Waals surface area contributed by atoms with Gasteiger partial charge in [0.1, 0.15) is 12.4 Å². The van der Waals surface area contributed by atoms with Crippen LogP contribution in [0.1, 0.15) is 61.4 Å². The van der Waals surface area contributed by atoms with Crippen molar-refractivity contribution in [1.82, 2.24) is 14.7 Å². The number of carbonyl (C=O) groups is 2. The van der Waals surface area contributed by atoms with E-state index >= 15 is 0 Å². The molecular formula is C30H41N3O3. The number of ether oxygens (including phenoxy) is 1. The standard InChI is InChI=1S/C30H41N3O3/c1-2-32-20-12-5-13-21-33(29(34)23-31-18-10-4-11-19-31)26(22-25-14-6-3-7-15-25)24-36-28-17-9-8-16-27(28)30(32)35/h3,6-9,14-17,26H,2,4-5,10-13,18-24H2,1H3/t26-/m0/s1. The van der Waals surface area contributed by atoms with Crippen LogP contribution in [0, 0.1) is 0 Å². The minimum Gasteiger partial charge on any atom is -0.491 e. The van der Waals surface area contributed by atoms with E-state index in [1.165, 1.54) is 24.8 Å². The molecule has 2 aromatic rings. The van der Waals surface area contributed by atoms with Crippen LogP contribution in [-0.4, -0.2) is 78.4 Å². The Morgan fingerprint density at radius 2 is 1.53 bits per heavy atom. The Morgan fingerprint density at radius 1 is 0.861 bits per heavy atom. The summed E-state index contributed by atoms with van der Waals surface area (Å²) in [7, 11) is 0. The second-order valence-corrected chi connectivity index (χ2v) is 10.0. The molecule has 0 aliphatic carbocycles. The summed E-state index contributed by atoms with van der Waals surface area (Å²) in [6, 6.07) is 17.8. The first-order valence-electron chi connectivity index (χ1n) is 13.7. The normalized spacial score (nSPS) is 20.5. The molecular weight excluding hydrogens is 450 g/mol. The molecule has 0 radical (unpaired) electrons. The second kappa shape index (κ2) is 13.4. The topological polar surface area (TPSA) is 53.1 Å². The molecule has 1 atom stereocenters. The molecule has 4 rings (SSSR count). The van der Waals surface area contributed by atoms with Crippen LogP contribution in [0.15, 0.2) is 54.6 Å². The number of hydrogen-bond donors (Lipinski definition) is 0. The van der Waals surface area contributed by atoms with Crippen LogP contribution in [0.2, 0.25) is 0 Å². The highest BCUT2D eigenvalue weighted by atomic mass is 16.5. The Morgan fingerprint density at radius 3 is 2.28 bits per heavy atom. The van der Waals surface area contributed by atoms with E-state index in [0.717, 1.165) is 51.9 Å². The number of para-hydroxylation sites is 1. The summed E-state index contributed by atoms with van der Waals surface area (Å²) < 4.78 is 6.36. The lowest BCUT2D eigenvalue weighted by Crippen LogP contribution is -2.50. The van der Waals surface area contributed by atoms with Gasteiger partial charge in [0.2, 0.25) is 5.91 Å². The molecule has 0 unspecified atom stereocenters. The van der Waals surface area contributed by atoms with E-state index in [-0.39, 0.29) is 17.9 Å². The van der Waals surface area contributed by atoms with Crippen molar-refractivity contribution < 1.29 is 14.3 Å². The number of hydrogen-bond acceptors (Lipinski definition) is 4. The lowest BCUT2D eigenvalue weighted by Gasteiger charge is -2.35. The molecule has 6 heteroatoms. The van der Waals surface area contributed by atoms with Gasteiger partial charge in [-0.1, -0.05) is 48.9 Å². The average Bonchev–Trinajstić information content (AvgIpc) is 2.92. The van der Waals surface area contributed by atoms with Crippen molar-refractivity contribution in [2.45, 2.75) is 57.9 Å². The zero-order chi connectivity index (χ0) is 25.2. The van der Waals surface area contributed by atoms with E-state index in [4.69, 9.17) is 4.74 Å². The molecule has 2 aliphatic rings.